The molecule has 3 rings (SSSR count). The van der Waals surface area contributed by atoms with Crippen molar-refractivity contribution in [1.82, 2.24) is 0 Å². The number of para-hydroxylation sites is 1. The molecule has 6 heteroatoms. The molecule has 0 aliphatic carbocycles. The van der Waals surface area contributed by atoms with Crippen molar-refractivity contribution in [3.8, 4) is 0 Å². The summed E-state index contributed by atoms with van der Waals surface area (Å²) in [5, 5.41) is 3.32. The van der Waals surface area contributed by atoms with Gasteiger partial charge in [0.05, 0.1) is 22.7 Å². The fourth-order valence-corrected chi connectivity index (χ4v) is 2.75. The first kappa shape index (κ1) is 14.8. The zero-order valence-electron chi connectivity index (χ0n) is 9.34. The lowest BCUT2D eigenvalue weighted by molar-refractivity contribution is 1.32. The fraction of sp³-hybridized carbons (Fsp3) is 0. The number of benzene rings is 2. The Labute approximate surface area is 122 Å². The molecule has 0 bridgehead atoms. The third-order valence-electron chi connectivity index (χ3n) is 2.61. The van der Waals surface area contributed by atoms with Crippen molar-refractivity contribution in [2.24, 2.45) is 0 Å². The zero-order chi connectivity index (χ0) is 11.1. The van der Waals surface area contributed by atoms with Gasteiger partial charge in [-0.2, -0.15) is 0 Å². The van der Waals surface area contributed by atoms with Crippen LogP contribution < -0.4 is 16.8 Å². The SMILES string of the molecule is Cl.Cl.Nc1ccc2c(c1N)Nc1ccccc1S2. The molecule has 96 valence electrons. The highest BCUT2D eigenvalue weighted by atomic mass is 35.5. The van der Waals surface area contributed by atoms with Crippen LogP contribution in [-0.2, 0) is 0 Å². The average Bonchev–Trinajstić information content (AvgIpc) is 2.32. The van der Waals surface area contributed by atoms with Crippen molar-refractivity contribution in [3.63, 3.8) is 0 Å². The summed E-state index contributed by atoms with van der Waals surface area (Å²) < 4.78 is 0. The van der Waals surface area contributed by atoms with E-state index in [1.807, 2.05) is 30.3 Å². The molecule has 1 heterocycles. The van der Waals surface area contributed by atoms with Crippen LogP contribution in [-0.4, -0.2) is 0 Å². The van der Waals surface area contributed by atoms with Gasteiger partial charge in [-0.1, -0.05) is 23.9 Å². The molecule has 0 atom stereocenters. The van der Waals surface area contributed by atoms with Crippen LogP contribution in [0.1, 0.15) is 0 Å². The van der Waals surface area contributed by atoms with Crippen LogP contribution in [0.15, 0.2) is 46.2 Å². The molecular weight excluding hydrogens is 289 g/mol. The predicted molar refractivity (Wildman–Crippen MR) is 83.6 cm³/mol. The van der Waals surface area contributed by atoms with Gasteiger partial charge in [-0.15, -0.1) is 24.8 Å². The van der Waals surface area contributed by atoms with Gasteiger partial charge in [0.1, 0.15) is 0 Å². The summed E-state index contributed by atoms with van der Waals surface area (Å²) in [5.74, 6) is 0. The van der Waals surface area contributed by atoms with E-state index < -0.39 is 0 Å². The lowest BCUT2D eigenvalue weighted by Gasteiger charge is -2.22. The molecule has 3 nitrogen and oxygen atoms in total. The molecule has 0 amide bonds. The molecule has 0 spiro atoms. The molecule has 18 heavy (non-hydrogen) atoms. The van der Waals surface area contributed by atoms with Crippen LogP contribution in [0.3, 0.4) is 0 Å². The van der Waals surface area contributed by atoms with E-state index in [0.29, 0.717) is 11.4 Å². The first-order chi connectivity index (χ1) is 7.75. The quantitative estimate of drug-likeness (QED) is 0.551. The van der Waals surface area contributed by atoms with E-state index in [1.165, 1.54) is 4.90 Å². The second kappa shape index (κ2) is 5.61. The minimum absolute atomic E-state index is 0. The fourth-order valence-electron chi connectivity index (χ4n) is 1.74. The Balaban J connectivity index is 0.000000810. The minimum atomic E-state index is 0. The number of fused-ring (bicyclic) bond motifs is 2. The first-order valence-corrected chi connectivity index (χ1v) is 5.79. The Hall–Kier alpha value is -1.23. The summed E-state index contributed by atoms with van der Waals surface area (Å²) in [6.07, 6.45) is 0. The zero-order valence-corrected chi connectivity index (χ0v) is 11.8. The van der Waals surface area contributed by atoms with Gasteiger partial charge >= 0.3 is 0 Å². The lowest BCUT2D eigenvalue weighted by atomic mass is 10.2. The van der Waals surface area contributed by atoms with E-state index in [-0.39, 0.29) is 24.8 Å². The van der Waals surface area contributed by atoms with E-state index in [4.69, 9.17) is 11.5 Å². The van der Waals surface area contributed by atoms with Gasteiger partial charge in [0.25, 0.3) is 0 Å². The number of anilines is 4. The maximum Gasteiger partial charge on any atom is 0.0798 e. The van der Waals surface area contributed by atoms with Crippen LogP contribution in [0, 0.1) is 0 Å². The number of nitrogens with one attached hydrogen (secondary N) is 1. The van der Waals surface area contributed by atoms with Gasteiger partial charge in [-0.25, -0.2) is 0 Å². The van der Waals surface area contributed by atoms with Gasteiger partial charge in [0, 0.05) is 9.79 Å². The molecule has 0 aromatic heterocycles. The van der Waals surface area contributed by atoms with Gasteiger partial charge in [-0.05, 0) is 24.3 Å². The third-order valence-corrected chi connectivity index (χ3v) is 3.74. The number of halogens is 2. The molecule has 1 aliphatic heterocycles. The number of rotatable bonds is 0. The standard InChI is InChI=1S/C12H11N3S.2ClH/c13-7-5-6-10-12(11(7)14)15-8-3-1-2-4-9(8)16-10;;/h1-6,15H,13-14H2;2*1H. The molecule has 1 aliphatic rings. The Kier molecular flexibility index (Phi) is 4.62. The van der Waals surface area contributed by atoms with Crippen molar-refractivity contribution in [2.45, 2.75) is 9.79 Å². The van der Waals surface area contributed by atoms with Gasteiger partial charge in [-0.3, -0.25) is 0 Å². The van der Waals surface area contributed by atoms with E-state index in [9.17, 15) is 0 Å². The number of nitrogens with two attached hydrogens (primary N) is 2. The summed E-state index contributed by atoms with van der Waals surface area (Å²) in [4.78, 5) is 2.32. The highest BCUT2D eigenvalue weighted by Crippen LogP contribution is 2.47. The molecule has 0 saturated carbocycles. The van der Waals surface area contributed by atoms with Crippen molar-refractivity contribution in [2.75, 3.05) is 16.8 Å². The molecule has 0 unspecified atom stereocenters. The Morgan fingerprint density at radius 3 is 2.39 bits per heavy atom. The molecule has 2 aromatic carbocycles. The van der Waals surface area contributed by atoms with E-state index in [0.717, 1.165) is 16.3 Å². The number of hydrogen-bond donors (Lipinski definition) is 3. The first-order valence-electron chi connectivity index (χ1n) is 4.97. The second-order valence-electron chi connectivity index (χ2n) is 3.66. The largest absolute Gasteiger partial charge is 0.397 e. The summed E-state index contributed by atoms with van der Waals surface area (Å²) in [7, 11) is 0. The smallest absolute Gasteiger partial charge is 0.0798 e. The molecule has 2 aromatic rings. The summed E-state index contributed by atoms with van der Waals surface area (Å²) in [6.45, 7) is 0. The molecule has 0 saturated heterocycles. The highest BCUT2D eigenvalue weighted by molar-refractivity contribution is 7.99. The maximum absolute atomic E-state index is 5.96. The average molecular weight is 302 g/mol. The Bertz CT molecular complexity index is 575. The van der Waals surface area contributed by atoms with E-state index >= 15 is 0 Å². The van der Waals surface area contributed by atoms with Crippen molar-refractivity contribution < 1.29 is 0 Å². The lowest BCUT2D eigenvalue weighted by Crippen LogP contribution is -2.05. The summed E-state index contributed by atoms with van der Waals surface area (Å²) >= 11 is 1.71. The van der Waals surface area contributed by atoms with Crippen molar-refractivity contribution >= 4 is 59.3 Å². The molecule has 0 fully saturated rings. The molecular formula is C12H13Cl2N3S. The van der Waals surface area contributed by atoms with E-state index in [1.54, 1.807) is 11.8 Å². The Morgan fingerprint density at radius 2 is 1.61 bits per heavy atom. The monoisotopic (exact) mass is 301 g/mol. The van der Waals surface area contributed by atoms with Crippen molar-refractivity contribution in [3.05, 3.63) is 36.4 Å². The van der Waals surface area contributed by atoms with Gasteiger partial charge in [0.2, 0.25) is 0 Å². The molecule has 0 radical (unpaired) electrons. The summed E-state index contributed by atoms with van der Waals surface area (Å²) in [5.41, 5.74) is 15.0. The predicted octanol–water partition coefficient (Wildman–Crippen LogP) is 3.90. The van der Waals surface area contributed by atoms with Gasteiger partial charge < -0.3 is 16.8 Å². The van der Waals surface area contributed by atoms with Crippen molar-refractivity contribution in [1.29, 1.82) is 0 Å². The van der Waals surface area contributed by atoms with Crippen LogP contribution in [0.25, 0.3) is 0 Å². The number of hydrogen-bond acceptors (Lipinski definition) is 4. The number of nitrogen functional groups attached to an aromatic ring is 2. The van der Waals surface area contributed by atoms with Gasteiger partial charge in [0.15, 0.2) is 0 Å². The van der Waals surface area contributed by atoms with Crippen LogP contribution in [0.4, 0.5) is 22.7 Å². The minimum Gasteiger partial charge on any atom is -0.397 e. The van der Waals surface area contributed by atoms with Crippen LogP contribution in [0.5, 0.6) is 0 Å². The maximum atomic E-state index is 5.96. The molecule has 5 N–H and O–H groups in total. The van der Waals surface area contributed by atoms with E-state index in [2.05, 4.69) is 11.4 Å². The topological polar surface area (TPSA) is 64.1 Å². The van der Waals surface area contributed by atoms with Crippen LogP contribution >= 0.6 is 36.6 Å². The second-order valence-corrected chi connectivity index (χ2v) is 4.75. The highest BCUT2D eigenvalue weighted by Gasteiger charge is 2.17. The normalized spacial score (nSPS) is 11.1. The summed E-state index contributed by atoms with van der Waals surface area (Å²) in [6, 6.07) is 12.0. The Morgan fingerprint density at radius 1 is 0.889 bits per heavy atom. The van der Waals surface area contributed by atoms with Crippen LogP contribution in [0.2, 0.25) is 0 Å². The third kappa shape index (κ3) is 2.32.